The zero-order valence-electron chi connectivity index (χ0n) is 7.77. The van der Waals surface area contributed by atoms with Crippen molar-refractivity contribution in [3.8, 4) is 0 Å². The number of methoxy groups -OCH3 is 1. The van der Waals surface area contributed by atoms with Crippen molar-refractivity contribution in [2.45, 2.75) is 12.8 Å². The molecular weight excluding hydrogens is 192 g/mol. The summed E-state index contributed by atoms with van der Waals surface area (Å²) in [5.41, 5.74) is 0. The molecule has 0 radical (unpaired) electrons. The van der Waals surface area contributed by atoms with Crippen molar-refractivity contribution < 1.29 is 13.2 Å². The summed E-state index contributed by atoms with van der Waals surface area (Å²) < 4.78 is 28.3. The predicted octanol–water partition coefficient (Wildman–Crippen LogP) is -0.452. The lowest BCUT2D eigenvalue weighted by molar-refractivity contribution is 0.118. The highest BCUT2D eigenvalue weighted by Crippen LogP contribution is 2.17. The van der Waals surface area contributed by atoms with Crippen LogP contribution in [0.15, 0.2) is 0 Å². The van der Waals surface area contributed by atoms with E-state index in [1.54, 1.807) is 7.11 Å². The van der Waals surface area contributed by atoms with Crippen LogP contribution in [0.5, 0.6) is 0 Å². The van der Waals surface area contributed by atoms with Gasteiger partial charge in [0.15, 0.2) is 0 Å². The molecule has 1 aliphatic heterocycles. The molecule has 6 heteroatoms. The van der Waals surface area contributed by atoms with E-state index in [2.05, 4.69) is 0 Å². The first-order valence-corrected chi connectivity index (χ1v) is 5.81. The van der Waals surface area contributed by atoms with Gasteiger partial charge in [-0.3, -0.25) is 0 Å². The van der Waals surface area contributed by atoms with Crippen LogP contribution in [-0.2, 0) is 14.9 Å². The highest BCUT2D eigenvalue weighted by atomic mass is 32.2. The number of hydrogen-bond acceptors (Lipinski definition) is 3. The SMILES string of the molecule is COCC1CCCN(S(N)(=O)=O)C1. The predicted molar refractivity (Wildman–Crippen MR) is 49.3 cm³/mol. The van der Waals surface area contributed by atoms with Crippen LogP contribution in [0.25, 0.3) is 0 Å². The third-order valence-electron chi connectivity index (χ3n) is 2.24. The molecule has 0 aromatic carbocycles. The summed E-state index contributed by atoms with van der Waals surface area (Å²) >= 11 is 0. The van der Waals surface area contributed by atoms with Gasteiger partial charge >= 0.3 is 0 Å². The third-order valence-corrected chi connectivity index (χ3v) is 3.30. The molecule has 1 heterocycles. The average molecular weight is 208 g/mol. The summed E-state index contributed by atoms with van der Waals surface area (Å²) in [6, 6.07) is 0. The number of hydrogen-bond donors (Lipinski definition) is 1. The summed E-state index contributed by atoms with van der Waals surface area (Å²) in [6.45, 7) is 1.64. The Bertz CT molecular complexity index is 250. The Morgan fingerprint density at radius 2 is 2.31 bits per heavy atom. The molecule has 1 aliphatic rings. The second-order valence-electron chi connectivity index (χ2n) is 3.37. The van der Waals surface area contributed by atoms with Crippen molar-refractivity contribution in [2.24, 2.45) is 11.1 Å². The quantitative estimate of drug-likeness (QED) is 0.682. The van der Waals surface area contributed by atoms with E-state index >= 15 is 0 Å². The van der Waals surface area contributed by atoms with Crippen molar-refractivity contribution in [1.29, 1.82) is 0 Å². The van der Waals surface area contributed by atoms with Crippen molar-refractivity contribution in [1.82, 2.24) is 4.31 Å². The van der Waals surface area contributed by atoms with Crippen LogP contribution in [0, 0.1) is 5.92 Å². The van der Waals surface area contributed by atoms with Crippen LogP contribution in [0.4, 0.5) is 0 Å². The van der Waals surface area contributed by atoms with Gasteiger partial charge in [-0.15, -0.1) is 0 Å². The van der Waals surface area contributed by atoms with Gasteiger partial charge in [-0.1, -0.05) is 0 Å². The maximum Gasteiger partial charge on any atom is 0.276 e. The van der Waals surface area contributed by atoms with E-state index in [9.17, 15) is 8.42 Å². The number of nitrogens with zero attached hydrogens (tertiary/aromatic N) is 1. The van der Waals surface area contributed by atoms with Crippen molar-refractivity contribution in [3.63, 3.8) is 0 Å². The Balaban J connectivity index is 2.52. The largest absolute Gasteiger partial charge is 0.384 e. The van der Waals surface area contributed by atoms with Gasteiger partial charge in [0.2, 0.25) is 0 Å². The summed E-state index contributed by atoms with van der Waals surface area (Å²) in [6.07, 6.45) is 1.88. The molecule has 1 rings (SSSR count). The minimum Gasteiger partial charge on any atom is -0.384 e. The monoisotopic (exact) mass is 208 g/mol. The van der Waals surface area contributed by atoms with Gasteiger partial charge in [0.1, 0.15) is 0 Å². The van der Waals surface area contributed by atoms with Crippen LogP contribution in [0.3, 0.4) is 0 Å². The molecule has 0 aliphatic carbocycles. The van der Waals surface area contributed by atoms with Gasteiger partial charge in [-0.05, 0) is 18.8 Å². The normalized spacial score (nSPS) is 26.2. The Kier molecular flexibility index (Phi) is 3.66. The van der Waals surface area contributed by atoms with Crippen molar-refractivity contribution in [3.05, 3.63) is 0 Å². The molecule has 5 nitrogen and oxygen atoms in total. The first kappa shape index (κ1) is 10.9. The van der Waals surface area contributed by atoms with E-state index in [1.807, 2.05) is 0 Å². The maximum atomic E-state index is 11.0. The van der Waals surface area contributed by atoms with E-state index in [-0.39, 0.29) is 5.92 Å². The zero-order valence-corrected chi connectivity index (χ0v) is 8.59. The highest BCUT2D eigenvalue weighted by Gasteiger charge is 2.25. The third kappa shape index (κ3) is 3.22. The maximum absolute atomic E-state index is 11.0. The molecule has 0 aromatic heterocycles. The highest BCUT2D eigenvalue weighted by molar-refractivity contribution is 7.86. The number of nitrogens with two attached hydrogens (primary N) is 1. The zero-order chi connectivity index (χ0) is 9.90. The molecule has 1 saturated heterocycles. The van der Waals surface area contributed by atoms with Crippen LogP contribution in [-0.4, -0.2) is 39.5 Å². The van der Waals surface area contributed by atoms with Crippen LogP contribution in [0.2, 0.25) is 0 Å². The summed E-state index contributed by atoms with van der Waals surface area (Å²) in [5, 5.41) is 5.03. The molecule has 78 valence electrons. The molecular formula is C7H16N2O3S. The molecule has 1 unspecified atom stereocenters. The number of ether oxygens (including phenoxy) is 1. The van der Waals surface area contributed by atoms with Crippen LogP contribution >= 0.6 is 0 Å². The molecule has 2 N–H and O–H groups in total. The molecule has 1 fully saturated rings. The second-order valence-corrected chi connectivity index (χ2v) is 4.91. The molecule has 0 amide bonds. The number of rotatable bonds is 3. The Morgan fingerprint density at radius 3 is 2.85 bits per heavy atom. The first-order valence-electron chi connectivity index (χ1n) is 4.31. The molecule has 0 saturated carbocycles. The molecule has 0 bridgehead atoms. The van der Waals surface area contributed by atoms with E-state index in [4.69, 9.17) is 9.88 Å². The fourth-order valence-electron chi connectivity index (χ4n) is 1.63. The standard InChI is InChI=1S/C7H16N2O3S/c1-12-6-7-3-2-4-9(5-7)13(8,10)11/h7H,2-6H2,1H3,(H2,8,10,11). The lowest BCUT2D eigenvalue weighted by atomic mass is 10.0. The minimum atomic E-state index is -3.50. The Labute approximate surface area is 79.0 Å². The van der Waals surface area contributed by atoms with E-state index in [0.29, 0.717) is 19.7 Å². The molecule has 1 atom stereocenters. The van der Waals surface area contributed by atoms with Gasteiger partial charge in [0.25, 0.3) is 10.2 Å². The average Bonchev–Trinajstić information content (AvgIpc) is 2.04. The topological polar surface area (TPSA) is 72.6 Å². The van der Waals surface area contributed by atoms with Crippen molar-refractivity contribution in [2.75, 3.05) is 26.8 Å². The van der Waals surface area contributed by atoms with Crippen LogP contribution < -0.4 is 5.14 Å². The van der Waals surface area contributed by atoms with Gasteiger partial charge in [0, 0.05) is 20.2 Å². The van der Waals surface area contributed by atoms with Gasteiger partial charge < -0.3 is 4.74 Å². The first-order chi connectivity index (χ1) is 6.04. The van der Waals surface area contributed by atoms with E-state index in [0.717, 1.165) is 12.8 Å². The summed E-state index contributed by atoms with van der Waals surface area (Å²) in [5.74, 6) is 0.289. The fraction of sp³-hybridized carbons (Fsp3) is 1.00. The summed E-state index contributed by atoms with van der Waals surface area (Å²) in [4.78, 5) is 0. The van der Waals surface area contributed by atoms with Gasteiger partial charge in [0.05, 0.1) is 6.61 Å². The van der Waals surface area contributed by atoms with Gasteiger partial charge in [-0.2, -0.15) is 12.7 Å². The number of piperidine rings is 1. The fourth-order valence-corrected chi connectivity index (χ4v) is 2.43. The van der Waals surface area contributed by atoms with Crippen LogP contribution in [0.1, 0.15) is 12.8 Å². The summed E-state index contributed by atoms with van der Waals surface area (Å²) in [7, 11) is -1.88. The van der Waals surface area contributed by atoms with Gasteiger partial charge in [-0.25, -0.2) is 5.14 Å². The Morgan fingerprint density at radius 1 is 1.62 bits per heavy atom. The molecule has 13 heavy (non-hydrogen) atoms. The lowest BCUT2D eigenvalue weighted by Gasteiger charge is -2.29. The molecule has 0 aromatic rings. The smallest absolute Gasteiger partial charge is 0.276 e. The van der Waals surface area contributed by atoms with E-state index in [1.165, 1.54) is 4.31 Å². The van der Waals surface area contributed by atoms with Crippen molar-refractivity contribution >= 4 is 10.2 Å². The Hall–Kier alpha value is -0.170. The second kappa shape index (κ2) is 4.36. The minimum absolute atomic E-state index is 0.289. The lowest BCUT2D eigenvalue weighted by Crippen LogP contribution is -2.44. The van der Waals surface area contributed by atoms with E-state index < -0.39 is 10.2 Å². The molecule has 0 spiro atoms.